The van der Waals surface area contributed by atoms with Gasteiger partial charge in [-0.25, -0.2) is 4.68 Å². The van der Waals surface area contributed by atoms with Crippen LogP contribution in [0.5, 0.6) is 0 Å². The molecule has 1 aromatic heterocycles. The van der Waals surface area contributed by atoms with E-state index in [0.717, 1.165) is 11.4 Å². The van der Waals surface area contributed by atoms with Gasteiger partial charge >= 0.3 is 0 Å². The number of aromatic nitrogens is 3. The number of nitrogens with zero attached hydrogens (tertiary/aromatic N) is 3. The van der Waals surface area contributed by atoms with Crippen LogP contribution in [0, 0.1) is 4.77 Å². The maximum absolute atomic E-state index is 12.8. The molecule has 8 heteroatoms. The first-order valence-electron chi connectivity index (χ1n) is 9.53. The van der Waals surface area contributed by atoms with Crippen LogP contribution in [-0.2, 0) is 13.1 Å². The molecule has 0 aliphatic carbocycles. The lowest BCUT2D eigenvalue weighted by Crippen LogP contribution is -2.12. The van der Waals surface area contributed by atoms with E-state index < -0.39 is 0 Å². The van der Waals surface area contributed by atoms with E-state index in [9.17, 15) is 4.79 Å². The van der Waals surface area contributed by atoms with Crippen LogP contribution in [0.25, 0.3) is 5.69 Å². The Balaban J connectivity index is 1.64. The smallest absolute Gasteiger partial charge is 0.203 e. The Morgan fingerprint density at radius 3 is 2.16 bits per heavy atom. The summed E-state index contributed by atoms with van der Waals surface area (Å²) >= 11 is 17.6. The molecule has 0 aliphatic rings. The van der Waals surface area contributed by atoms with Gasteiger partial charge in [0, 0.05) is 27.0 Å². The van der Waals surface area contributed by atoms with E-state index in [2.05, 4.69) is 10.4 Å². The van der Waals surface area contributed by atoms with Gasteiger partial charge in [0.15, 0.2) is 11.6 Å². The van der Waals surface area contributed by atoms with Crippen LogP contribution < -0.4 is 5.32 Å². The van der Waals surface area contributed by atoms with Crippen LogP contribution in [0.4, 0.5) is 5.69 Å². The van der Waals surface area contributed by atoms with Crippen molar-refractivity contribution in [1.82, 2.24) is 14.3 Å². The van der Waals surface area contributed by atoms with Gasteiger partial charge < -0.3 is 5.32 Å². The molecule has 0 amide bonds. The lowest BCUT2D eigenvalue weighted by molar-refractivity contribution is 0.0967. The van der Waals surface area contributed by atoms with Crippen LogP contribution in [-0.4, -0.2) is 20.1 Å². The van der Waals surface area contributed by atoms with Crippen LogP contribution in [0.3, 0.4) is 0 Å². The molecule has 1 heterocycles. The largest absolute Gasteiger partial charge is 0.378 e. The molecule has 0 saturated heterocycles. The number of anilines is 1. The van der Waals surface area contributed by atoms with E-state index in [1.807, 2.05) is 59.2 Å². The molecule has 31 heavy (non-hydrogen) atoms. The van der Waals surface area contributed by atoms with Crippen molar-refractivity contribution in [1.29, 1.82) is 0 Å². The number of hydrogen-bond acceptors (Lipinski definition) is 4. The summed E-state index contributed by atoms with van der Waals surface area (Å²) in [4.78, 5) is 12.8. The summed E-state index contributed by atoms with van der Waals surface area (Å²) in [6.45, 7) is 0.455. The summed E-state index contributed by atoms with van der Waals surface area (Å²) in [6.07, 6.45) is 0. The maximum atomic E-state index is 12.8. The summed E-state index contributed by atoms with van der Waals surface area (Å²) in [6, 6.07) is 23.9. The summed E-state index contributed by atoms with van der Waals surface area (Å²) < 4.78 is 3.87. The van der Waals surface area contributed by atoms with Crippen molar-refractivity contribution in [2.24, 2.45) is 0 Å². The number of Topliss-reactive ketones (excluding diaryl/α,β-unsaturated/α-hetero) is 1. The molecule has 5 nitrogen and oxygen atoms in total. The quantitative estimate of drug-likeness (QED) is 0.259. The molecule has 0 aliphatic heterocycles. The van der Waals surface area contributed by atoms with Gasteiger partial charge in [0.25, 0.3) is 0 Å². The SMILES string of the molecule is O=C(Cn1nc(CNc2ccc(Cl)cc2)n(-c2ccccc2)c1=S)c1ccc(Cl)cc1. The Hall–Kier alpha value is -2.93. The fraction of sp³-hybridized carbons (Fsp3) is 0.0870. The van der Waals surface area contributed by atoms with Gasteiger partial charge in [0.05, 0.1) is 6.54 Å². The lowest BCUT2D eigenvalue weighted by Gasteiger charge is -2.08. The van der Waals surface area contributed by atoms with E-state index in [1.54, 1.807) is 28.9 Å². The second-order valence-corrected chi connectivity index (χ2v) is 8.06. The maximum Gasteiger partial charge on any atom is 0.203 e. The van der Waals surface area contributed by atoms with Gasteiger partial charge in [-0.05, 0) is 72.9 Å². The van der Waals surface area contributed by atoms with E-state index in [1.165, 1.54) is 0 Å². The van der Waals surface area contributed by atoms with Gasteiger partial charge in [0.2, 0.25) is 4.77 Å². The van der Waals surface area contributed by atoms with Crippen molar-refractivity contribution >= 4 is 46.9 Å². The summed E-state index contributed by atoms with van der Waals surface area (Å²) in [5.74, 6) is 0.595. The van der Waals surface area contributed by atoms with Gasteiger partial charge in [-0.2, -0.15) is 5.10 Å². The second-order valence-electron chi connectivity index (χ2n) is 6.82. The fourth-order valence-electron chi connectivity index (χ4n) is 3.12. The molecule has 4 aromatic rings. The molecule has 3 aromatic carbocycles. The minimum absolute atomic E-state index is 0.0360. The fourth-order valence-corrected chi connectivity index (χ4v) is 3.69. The molecule has 4 rings (SSSR count). The zero-order valence-electron chi connectivity index (χ0n) is 16.3. The molecule has 1 N–H and O–H groups in total. The first kappa shape index (κ1) is 21.3. The monoisotopic (exact) mass is 468 g/mol. The van der Waals surface area contributed by atoms with Crippen molar-refractivity contribution in [3.63, 3.8) is 0 Å². The number of rotatable bonds is 7. The zero-order chi connectivity index (χ0) is 21.8. The van der Waals surface area contributed by atoms with Gasteiger partial charge in [-0.1, -0.05) is 41.4 Å². The Morgan fingerprint density at radius 1 is 0.903 bits per heavy atom. The predicted octanol–water partition coefficient (Wildman–Crippen LogP) is 6.21. The minimum atomic E-state index is -0.0947. The summed E-state index contributed by atoms with van der Waals surface area (Å²) in [7, 11) is 0. The van der Waals surface area contributed by atoms with Crippen LogP contribution in [0.2, 0.25) is 10.0 Å². The minimum Gasteiger partial charge on any atom is -0.378 e. The number of halogens is 2. The third-order valence-electron chi connectivity index (χ3n) is 4.68. The molecule has 156 valence electrons. The highest BCUT2D eigenvalue weighted by molar-refractivity contribution is 7.71. The predicted molar refractivity (Wildman–Crippen MR) is 127 cm³/mol. The molecular formula is C23H18Cl2N4OS. The van der Waals surface area contributed by atoms with Crippen LogP contribution in [0.1, 0.15) is 16.2 Å². The molecule has 0 bridgehead atoms. The zero-order valence-corrected chi connectivity index (χ0v) is 18.7. The Morgan fingerprint density at radius 2 is 1.52 bits per heavy atom. The molecule has 0 spiro atoms. The Labute approximate surface area is 194 Å². The third-order valence-corrected chi connectivity index (χ3v) is 5.57. The van der Waals surface area contributed by atoms with Crippen molar-refractivity contribution in [3.05, 3.63) is 105 Å². The number of ketones is 1. The van der Waals surface area contributed by atoms with Crippen molar-refractivity contribution in [3.8, 4) is 5.69 Å². The summed E-state index contributed by atoms with van der Waals surface area (Å²) in [5, 5.41) is 9.22. The van der Waals surface area contributed by atoms with E-state index in [0.29, 0.717) is 32.7 Å². The highest BCUT2D eigenvalue weighted by Crippen LogP contribution is 2.17. The molecule has 0 atom stereocenters. The van der Waals surface area contributed by atoms with E-state index in [-0.39, 0.29) is 12.3 Å². The lowest BCUT2D eigenvalue weighted by atomic mass is 10.1. The molecule has 0 saturated carbocycles. The highest BCUT2D eigenvalue weighted by atomic mass is 35.5. The number of benzene rings is 3. The standard InChI is InChI=1S/C23H18Cl2N4OS/c24-17-8-6-16(7-9-17)21(30)15-28-23(31)29(20-4-2-1-3-5-20)22(27-28)14-26-19-12-10-18(25)11-13-19/h1-13,26H,14-15H2. The third kappa shape index (κ3) is 5.05. The topological polar surface area (TPSA) is 51.9 Å². The number of nitrogens with one attached hydrogen (secondary N) is 1. The second kappa shape index (κ2) is 9.47. The summed E-state index contributed by atoms with van der Waals surface area (Å²) in [5.41, 5.74) is 2.34. The van der Waals surface area contributed by atoms with E-state index in [4.69, 9.17) is 35.4 Å². The van der Waals surface area contributed by atoms with Crippen molar-refractivity contribution < 1.29 is 4.79 Å². The first-order valence-corrected chi connectivity index (χ1v) is 10.7. The van der Waals surface area contributed by atoms with Crippen molar-refractivity contribution in [2.75, 3.05) is 5.32 Å². The molecule has 0 radical (unpaired) electrons. The van der Waals surface area contributed by atoms with Crippen molar-refractivity contribution in [2.45, 2.75) is 13.1 Å². The van der Waals surface area contributed by atoms with Crippen LogP contribution >= 0.6 is 35.4 Å². The normalized spacial score (nSPS) is 10.8. The average molecular weight is 469 g/mol. The number of para-hydroxylation sites is 1. The van der Waals surface area contributed by atoms with E-state index >= 15 is 0 Å². The van der Waals surface area contributed by atoms with Gasteiger partial charge in [-0.3, -0.25) is 9.36 Å². The molecular weight excluding hydrogens is 451 g/mol. The Kier molecular flexibility index (Phi) is 6.51. The first-order chi connectivity index (χ1) is 15.0. The molecule has 0 unspecified atom stereocenters. The van der Waals surface area contributed by atoms with Gasteiger partial charge in [-0.15, -0.1) is 0 Å². The molecule has 0 fully saturated rings. The number of carbonyl (C=O) groups is 1. The average Bonchev–Trinajstić information content (AvgIpc) is 3.09. The van der Waals surface area contributed by atoms with Crippen LogP contribution in [0.15, 0.2) is 78.9 Å². The Bertz CT molecular complexity index is 1250. The van der Waals surface area contributed by atoms with Gasteiger partial charge in [0.1, 0.15) is 6.54 Å². The highest BCUT2D eigenvalue weighted by Gasteiger charge is 2.15. The number of carbonyl (C=O) groups excluding carboxylic acids is 1. The number of hydrogen-bond donors (Lipinski definition) is 1.